The Kier molecular flexibility index (Phi) is 4.66. The second kappa shape index (κ2) is 6.25. The summed E-state index contributed by atoms with van der Waals surface area (Å²) in [4.78, 5) is 2.42. The van der Waals surface area contributed by atoms with Gasteiger partial charge >= 0.3 is 0 Å². The van der Waals surface area contributed by atoms with Crippen molar-refractivity contribution in [1.82, 2.24) is 10.2 Å². The van der Waals surface area contributed by atoms with Gasteiger partial charge in [-0.2, -0.15) is 0 Å². The van der Waals surface area contributed by atoms with Crippen LogP contribution in [-0.2, 0) is 6.54 Å². The van der Waals surface area contributed by atoms with Gasteiger partial charge in [0.05, 0.1) is 0 Å². The third-order valence-corrected chi connectivity index (χ3v) is 3.58. The second-order valence-corrected chi connectivity index (χ2v) is 4.91. The molecule has 100 valence electrons. The maximum absolute atomic E-state index is 13.4. The van der Waals surface area contributed by atoms with Gasteiger partial charge < -0.3 is 10.2 Å². The lowest BCUT2D eigenvalue weighted by Crippen LogP contribution is -2.26. The van der Waals surface area contributed by atoms with Crippen molar-refractivity contribution in [3.63, 3.8) is 0 Å². The summed E-state index contributed by atoms with van der Waals surface area (Å²) in [5, 5.41) is 3.26. The Morgan fingerprint density at radius 3 is 2.89 bits per heavy atom. The highest BCUT2D eigenvalue weighted by molar-refractivity contribution is 5.18. The summed E-state index contributed by atoms with van der Waals surface area (Å²) >= 11 is 0. The van der Waals surface area contributed by atoms with Gasteiger partial charge in [-0.15, -0.1) is 0 Å². The van der Waals surface area contributed by atoms with Crippen molar-refractivity contribution in [3.05, 3.63) is 35.4 Å². The van der Waals surface area contributed by atoms with Crippen molar-refractivity contribution in [1.29, 1.82) is 0 Å². The summed E-state index contributed by atoms with van der Waals surface area (Å²) in [6.45, 7) is 6.91. The summed E-state index contributed by atoms with van der Waals surface area (Å²) < 4.78 is 26.1. The highest BCUT2D eigenvalue weighted by Crippen LogP contribution is 2.15. The van der Waals surface area contributed by atoms with E-state index in [-0.39, 0.29) is 0 Å². The number of rotatable bonds is 5. The van der Waals surface area contributed by atoms with Gasteiger partial charge in [0.25, 0.3) is 0 Å². The molecule has 0 saturated carbocycles. The first-order chi connectivity index (χ1) is 8.69. The standard InChI is InChI=1S/C14H20F2N2/c1-2-18-6-5-11(10-18)8-17-9-12-3-4-13(15)7-14(12)16/h3-4,7,11,17H,2,5-6,8-10H2,1H3. The van der Waals surface area contributed by atoms with E-state index >= 15 is 0 Å². The van der Waals surface area contributed by atoms with Crippen LogP contribution >= 0.6 is 0 Å². The molecule has 1 aromatic rings. The van der Waals surface area contributed by atoms with Crippen LogP contribution in [0.25, 0.3) is 0 Å². The van der Waals surface area contributed by atoms with Gasteiger partial charge in [-0.3, -0.25) is 0 Å². The molecular weight excluding hydrogens is 234 g/mol. The Balaban J connectivity index is 1.75. The molecule has 4 heteroatoms. The van der Waals surface area contributed by atoms with Gasteiger partial charge in [0.2, 0.25) is 0 Å². The predicted octanol–water partition coefficient (Wildman–Crippen LogP) is 2.40. The van der Waals surface area contributed by atoms with E-state index < -0.39 is 11.6 Å². The molecule has 18 heavy (non-hydrogen) atoms. The molecule has 1 aliphatic rings. The van der Waals surface area contributed by atoms with Gasteiger partial charge in [-0.05, 0) is 38.0 Å². The van der Waals surface area contributed by atoms with Gasteiger partial charge in [0.15, 0.2) is 0 Å². The number of benzene rings is 1. The Morgan fingerprint density at radius 2 is 2.22 bits per heavy atom. The third kappa shape index (κ3) is 3.50. The van der Waals surface area contributed by atoms with Crippen molar-refractivity contribution in [2.45, 2.75) is 19.9 Å². The van der Waals surface area contributed by atoms with Crippen molar-refractivity contribution in [2.24, 2.45) is 5.92 Å². The smallest absolute Gasteiger partial charge is 0.130 e. The van der Waals surface area contributed by atoms with E-state index in [2.05, 4.69) is 17.1 Å². The number of nitrogens with zero attached hydrogens (tertiary/aromatic N) is 1. The molecule has 1 fully saturated rings. The fourth-order valence-corrected chi connectivity index (χ4v) is 2.44. The van der Waals surface area contributed by atoms with Crippen molar-refractivity contribution in [3.8, 4) is 0 Å². The second-order valence-electron chi connectivity index (χ2n) is 4.91. The molecule has 1 atom stereocenters. The third-order valence-electron chi connectivity index (χ3n) is 3.58. The van der Waals surface area contributed by atoms with E-state index in [1.807, 2.05) is 0 Å². The molecule has 0 bridgehead atoms. The zero-order valence-corrected chi connectivity index (χ0v) is 10.8. The van der Waals surface area contributed by atoms with Gasteiger partial charge in [-0.25, -0.2) is 8.78 Å². The zero-order valence-electron chi connectivity index (χ0n) is 10.8. The molecule has 1 unspecified atom stereocenters. The molecule has 0 radical (unpaired) electrons. The first-order valence-corrected chi connectivity index (χ1v) is 6.56. The topological polar surface area (TPSA) is 15.3 Å². The molecule has 0 aliphatic carbocycles. The van der Waals surface area contributed by atoms with Crippen LogP contribution in [0.1, 0.15) is 18.9 Å². The molecule has 2 rings (SSSR count). The normalized spacial score (nSPS) is 20.5. The Labute approximate surface area is 107 Å². The zero-order chi connectivity index (χ0) is 13.0. The van der Waals surface area contributed by atoms with Crippen LogP contribution in [0.4, 0.5) is 8.78 Å². The summed E-state index contributed by atoms with van der Waals surface area (Å²) in [6.07, 6.45) is 1.20. The maximum Gasteiger partial charge on any atom is 0.130 e. The van der Waals surface area contributed by atoms with Crippen molar-refractivity contribution >= 4 is 0 Å². The minimum atomic E-state index is -0.523. The highest BCUT2D eigenvalue weighted by atomic mass is 19.1. The largest absolute Gasteiger partial charge is 0.312 e. The minimum Gasteiger partial charge on any atom is -0.312 e. The van der Waals surface area contributed by atoms with Crippen LogP contribution in [0.5, 0.6) is 0 Å². The first-order valence-electron chi connectivity index (χ1n) is 6.56. The van der Waals surface area contributed by atoms with E-state index in [1.54, 1.807) is 0 Å². The first kappa shape index (κ1) is 13.4. The average Bonchev–Trinajstić information content (AvgIpc) is 2.80. The predicted molar refractivity (Wildman–Crippen MR) is 68.3 cm³/mol. The molecule has 1 saturated heterocycles. The van der Waals surface area contributed by atoms with E-state index in [1.165, 1.54) is 18.6 Å². The monoisotopic (exact) mass is 254 g/mol. The Morgan fingerprint density at radius 1 is 1.39 bits per heavy atom. The molecule has 1 aliphatic heterocycles. The fourth-order valence-electron chi connectivity index (χ4n) is 2.44. The van der Waals surface area contributed by atoms with E-state index in [0.717, 1.165) is 32.2 Å². The Bertz CT molecular complexity index is 395. The van der Waals surface area contributed by atoms with E-state index in [0.29, 0.717) is 18.0 Å². The van der Waals surface area contributed by atoms with Crippen LogP contribution in [0.15, 0.2) is 18.2 Å². The highest BCUT2D eigenvalue weighted by Gasteiger charge is 2.20. The summed E-state index contributed by atoms with van der Waals surface area (Å²) in [5.74, 6) is -0.344. The van der Waals surface area contributed by atoms with Crippen LogP contribution in [0.3, 0.4) is 0 Å². The lowest BCUT2D eigenvalue weighted by Gasteiger charge is -2.14. The van der Waals surface area contributed by atoms with Crippen LogP contribution in [-0.4, -0.2) is 31.1 Å². The van der Waals surface area contributed by atoms with Gasteiger partial charge in [0.1, 0.15) is 11.6 Å². The number of hydrogen-bond donors (Lipinski definition) is 1. The molecule has 0 aromatic heterocycles. The minimum absolute atomic E-state index is 0.467. The van der Waals surface area contributed by atoms with Crippen molar-refractivity contribution < 1.29 is 8.78 Å². The number of halogens is 2. The van der Waals surface area contributed by atoms with E-state index in [9.17, 15) is 8.78 Å². The van der Waals surface area contributed by atoms with Crippen LogP contribution < -0.4 is 5.32 Å². The molecule has 2 nitrogen and oxygen atoms in total. The van der Waals surface area contributed by atoms with Gasteiger partial charge in [0, 0.05) is 24.7 Å². The molecule has 1 heterocycles. The number of likely N-dealkylation sites (tertiary alicyclic amines) is 1. The number of hydrogen-bond acceptors (Lipinski definition) is 2. The average molecular weight is 254 g/mol. The Hall–Kier alpha value is -1.00. The van der Waals surface area contributed by atoms with Crippen molar-refractivity contribution in [2.75, 3.05) is 26.2 Å². The molecule has 1 aromatic carbocycles. The maximum atomic E-state index is 13.4. The fraction of sp³-hybridized carbons (Fsp3) is 0.571. The molecule has 0 amide bonds. The van der Waals surface area contributed by atoms with Crippen LogP contribution in [0.2, 0.25) is 0 Å². The molecule has 1 N–H and O–H groups in total. The summed E-state index contributed by atoms with van der Waals surface area (Å²) in [5.41, 5.74) is 0.529. The number of nitrogens with one attached hydrogen (secondary N) is 1. The summed E-state index contributed by atoms with van der Waals surface area (Å²) in [7, 11) is 0. The van der Waals surface area contributed by atoms with E-state index in [4.69, 9.17) is 0 Å². The molecule has 0 spiro atoms. The summed E-state index contributed by atoms with van der Waals surface area (Å²) in [6, 6.07) is 3.74. The quantitative estimate of drug-likeness (QED) is 0.868. The lowest BCUT2D eigenvalue weighted by atomic mass is 10.1. The molecular formula is C14H20F2N2. The SMILES string of the molecule is CCN1CCC(CNCc2ccc(F)cc2F)C1. The van der Waals surface area contributed by atoms with Crippen LogP contribution in [0, 0.1) is 17.6 Å². The van der Waals surface area contributed by atoms with Gasteiger partial charge in [-0.1, -0.05) is 13.0 Å². The lowest BCUT2D eigenvalue weighted by molar-refractivity contribution is 0.338.